The summed E-state index contributed by atoms with van der Waals surface area (Å²) in [5.74, 6) is -0.129. The minimum Gasteiger partial charge on any atom is -0.493 e. The van der Waals surface area contributed by atoms with Crippen LogP contribution in [0.4, 0.5) is 0 Å². The quantitative estimate of drug-likeness (QED) is 0.792. The molecule has 0 aliphatic carbocycles. The predicted octanol–water partition coefficient (Wildman–Crippen LogP) is 1.96. The highest BCUT2D eigenvalue weighted by molar-refractivity contribution is 6.31. The zero-order valence-corrected chi connectivity index (χ0v) is 10.3. The average molecular weight is 261 g/mol. The van der Waals surface area contributed by atoms with Crippen molar-refractivity contribution in [1.29, 1.82) is 0 Å². The Morgan fingerprint density at radius 2 is 2.06 bits per heavy atom. The normalized spacial score (nSPS) is 10.1. The lowest BCUT2D eigenvalue weighted by molar-refractivity contribution is -0.136. The fourth-order valence-corrected chi connectivity index (χ4v) is 1.49. The van der Waals surface area contributed by atoms with E-state index in [0.29, 0.717) is 22.1 Å². The zero-order chi connectivity index (χ0) is 12.8. The van der Waals surface area contributed by atoms with Crippen LogP contribution in [0.1, 0.15) is 5.56 Å². The SMILES string of the molecule is COCOc1cc(Cl)c(CC(=O)O)cc1OC. The molecule has 0 fully saturated rings. The van der Waals surface area contributed by atoms with Crippen molar-refractivity contribution in [3.05, 3.63) is 22.7 Å². The molecule has 0 bridgehead atoms. The number of methoxy groups -OCH3 is 2. The second-order valence-corrected chi connectivity index (χ2v) is 3.62. The van der Waals surface area contributed by atoms with Crippen molar-refractivity contribution in [1.82, 2.24) is 0 Å². The van der Waals surface area contributed by atoms with Crippen molar-refractivity contribution in [3.8, 4) is 11.5 Å². The standard InChI is InChI=1S/C11H13ClO5/c1-15-6-17-10-5-8(12)7(4-11(13)14)3-9(10)16-2/h3,5H,4,6H2,1-2H3,(H,13,14). The molecule has 0 heterocycles. The second kappa shape index (κ2) is 6.32. The number of ether oxygens (including phenoxy) is 3. The van der Waals surface area contributed by atoms with Gasteiger partial charge in [0.05, 0.1) is 13.5 Å². The predicted molar refractivity (Wildman–Crippen MR) is 61.8 cm³/mol. The molecule has 0 spiro atoms. The summed E-state index contributed by atoms with van der Waals surface area (Å²) < 4.78 is 15.1. The molecule has 0 amide bonds. The fourth-order valence-electron chi connectivity index (χ4n) is 1.27. The van der Waals surface area contributed by atoms with Crippen LogP contribution in [0, 0.1) is 0 Å². The zero-order valence-electron chi connectivity index (χ0n) is 9.53. The number of hydrogen-bond donors (Lipinski definition) is 1. The summed E-state index contributed by atoms with van der Waals surface area (Å²) in [6.07, 6.45) is -0.167. The fraction of sp³-hybridized carbons (Fsp3) is 0.364. The lowest BCUT2D eigenvalue weighted by Crippen LogP contribution is -2.04. The van der Waals surface area contributed by atoms with E-state index in [1.807, 2.05) is 0 Å². The molecule has 0 aliphatic heterocycles. The number of carboxylic acid groups (broad SMARTS) is 1. The van der Waals surface area contributed by atoms with Gasteiger partial charge in [0, 0.05) is 18.2 Å². The smallest absolute Gasteiger partial charge is 0.307 e. The van der Waals surface area contributed by atoms with Gasteiger partial charge >= 0.3 is 5.97 Å². The molecule has 1 rings (SSSR count). The molecule has 5 nitrogen and oxygen atoms in total. The highest BCUT2D eigenvalue weighted by Gasteiger charge is 2.12. The number of carbonyl (C=O) groups is 1. The summed E-state index contributed by atoms with van der Waals surface area (Å²) in [5, 5.41) is 9.03. The Balaban J connectivity index is 3.01. The van der Waals surface area contributed by atoms with E-state index in [0.717, 1.165) is 0 Å². The maximum absolute atomic E-state index is 10.6. The van der Waals surface area contributed by atoms with Gasteiger partial charge in [-0.05, 0) is 11.6 Å². The van der Waals surface area contributed by atoms with Gasteiger partial charge in [-0.15, -0.1) is 0 Å². The summed E-state index contributed by atoms with van der Waals surface area (Å²) in [7, 11) is 2.96. The number of halogens is 1. The van der Waals surface area contributed by atoms with Crippen molar-refractivity contribution in [2.45, 2.75) is 6.42 Å². The van der Waals surface area contributed by atoms with Gasteiger partial charge in [0.2, 0.25) is 0 Å². The van der Waals surface area contributed by atoms with Crippen LogP contribution in [0.5, 0.6) is 11.5 Å². The first-order valence-electron chi connectivity index (χ1n) is 4.78. The lowest BCUT2D eigenvalue weighted by Gasteiger charge is -2.12. The summed E-state index contributed by atoms with van der Waals surface area (Å²) in [6, 6.07) is 3.05. The molecular weight excluding hydrogens is 248 g/mol. The van der Waals surface area contributed by atoms with E-state index in [-0.39, 0.29) is 13.2 Å². The molecule has 0 radical (unpaired) electrons. The van der Waals surface area contributed by atoms with Gasteiger partial charge in [-0.2, -0.15) is 0 Å². The highest BCUT2D eigenvalue weighted by atomic mass is 35.5. The molecule has 0 aromatic heterocycles. The molecule has 1 aromatic rings. The van der Waals surface area contributed by atoms with Gasteiger partial charge in [-0.25, -0.2) is 0 Å². The molecular formula is C11H13ClO5. The molecule has 0 atom stereocenters. The maximum atomic E-state index is 10.6. The van der Waals surface area contributed by atoms with E-state index in [1.54, 1.807) is 6.07 Å². The molecule has 0 saturated heterocycles. The van der Waals surface area contributed by atoms with Crippen molar-refractivity contribution in [2.75, 3.05) is 21.0 Å². The Morgan fingerprint density at radius 1 is 1.35 bits per heavy atom. The van der Waals surface area contributed by atoms with Gasteiger partial charge in [-0.1, -0.05) is 11.6 Å². The minimum absolute atomic E-state index is 0.0605. The van der Waals surface area contributed by atoms with Crippen molar-refractivity contribution in [2.24, 2.45) is 0 Å². The largest absolute Gasteiger partial charge is 0.493 e. The molecule has 1 N–H and O–H groups in total. The van der Waals surface area contributed by atoms with Crippen LogP contribution in [0.3, 0.4) is 0 Å². The molecule has 0 aliphatic rings. The summed E-state index contributed by atoms with van der Waals surface area (Å²) in [6.45, 7) is 0.0605. The molecule has 0 saturated carbocycles. The summed E-state index contributed by atoms with van der Waals surface area (Å²) in [4.78, 5) is 10.6. The topological polar surface area (TPSA) is 65.0 Å². The van der Waals surface area contributed by atoms with Gasteiger partial charge in [0.25, 0.3) is 0 Å². The Kier molecular flexibility index (Phi) is 5.06. The first-order chi connectivity index (χ1) is 8.08. The Morgan fingerprint density at radius 3 is 2.59 bits per heavy atom. The average Bonchev–Trinajstić information content (AvgIpc) is 2.28. The monoisotopic (exact) mass is 260 g/mol. The first kappa shape index (κ1) is 13.6. The van der Waals surface area contributed by atoms with Gasteiger partial charge < -0.3 is 19.3 Å². The van der Waals surface area contributed by atoms with E-state index in [1.165, 1.54) is 20.3 Å². The van der Waals surface area contributed by atoms with Gasteiger partial charge in [-0.3, -0.25) is 4.79 Å². The Bertz CT molecular complexity index is 405. The van der Waals surface area contributed by atoms with Crippen LogP contribution in [0.25, 0.3) is 0 Å². The van der Waals surface area contributed by atoms with Crippen LogP contribution < -0.4 is 9.47 Å². The third-order valence-electron chi connectivity index (χ3n) is 2.01. The first-order valence-corrected chi connectivity index (χ1v) is 5.16. The van der Waals surface area contributed by atoms with Gasteiger partial charge in [0.15, 0.2) is 18.3 Å². The molecule has 6 heteroatoms. The second-order valence-electron chi connectivity index (χ2n) is 3.22. The Labute approximate surface area is 104 Å². The number of hydrogen-bond acceptors (Lipinski definition) is 4. The minimum atomic E-state index is -0.959. The van der Waals surface area contributed by atoms with Gasteiger partial charge in [0.1, 0.15) is 0 Å². The third kappa shape index (κ3) is 3.80. The van der Waals surface area contributed by atoms with Crippen LogP contribution in [0.15, 0.2) is 12.1 Å². The molecule has 17 heavy (non-hydrogen) atoms. The number of benzene rings is 1. The number of aliphatic carboxylic acids is 1. The summed E-state index contributed by atoms with van der Waals surface area (Å²) in [5.41, 5.74) is 0.473. The van der Waals surface area contributed by atoms with E-state index in [9.17, 15) is 4.79 Å². The Hall–Kier alpha value is -1.46. The third-order valence-corrected chi connectivity index (χ3v) is 2.36. The number of rotatable bonds is 6. The van der Waals surface area contributed by atoms with E-state index in [4.69, 9.17) is 30.9 Å². The number of carboxylic acids is 1. The van der Waals surface area contributed by atoms with Crippen molar-refractivity contribution < 1.29 is 24.1 Å². The lowest BCUT2D eigenvalue weighted by atomic mass is 10.1. The van der Waals surface area contributed by atoms with E-state index < -0.39 is 5.97 Å². The van der Waals surface area contributed by atoms with Crippen LogP contribution >= 0.6 is 11.6 Å². The molecule has 1 aromatic carbocycles. The maximum Gasteiger partial charge on any atom is 0.307 e. The van der Waals surface area contributed by atoms with Crippen LogP contribution in [0.2, 0.25) is 5.02 Å². The molecule has 0 unspecified atom stereocenters. The highest BCUT2D eigenvalue weighted by Crippen LogP contribution is 2.33. The van der Waals surface area contributed by atoms with Crippen LogP contribution in [-0.4, -0.2) is 32.1 Å². The van der Waals surface area contributed by atoms with Crippen LogP contribution in [-0.2, 0) is 16.0 Å². The van der Waals surface area contributed by atoms with Crippen molar-refractivity contribution >= 4 is 17.6 Å². The van der Waals surface area contributed by atoms with E-state index in [2.05, 4.69) is 0 Å². The van der Waals surface area contributed by atoms with E-state index >= 15 is 0 Å². The molecule has 94 valence electrons. The summed E-state index contributed by atoms with van der Waals surface area (Å²) >= 11 is 5.94. The van der Waals surface area contributed by atoms with Crippen molar-refractivity contribution in [3.63, 3.8) is 0 Å².